The van der Waals surface area contributed by atoms with E-state index in [1.54, 1.807) is 43.3 Å². The lowest BCUT2D eigenvalue weighted by Gasteiger charge is -2.14. The molecule has 0 unspecified atom stereocenters. The number of hydrogen-bond donors (Lipinski definition) is 2. The molecule has 0 spiro atoms. The van der Waals surface area contributed by atoms with Crippen LogP contribution >= 0.6 is 11.6 Å². The van der Waals surface area contributed by atoms with Crippen LogP contribution in [-0.4, -0.2) is 30.2 Å². The summed E-state index contributed by atoms with van der Waals surface area (Å²) in [5, 5.41) is 6.89. The highest BCUT2D eigenvalue weighted by molar-refractivity contribution is 6.30. The summed E-state index contributed by atoms with van der Waals surface area (Å²) in [4.78, 5) is 29.6. The summed E-state index contributed by atoms with van der Waals surface area (Å²) in [5.41, 5.74) is 3.50. The second-order valence-corrected chi connectivity index (χ2v) is 7.96. The van der Waals surface area contributed by atoms with E-state index >= 15 is 0 Å². The number of benzene rings is 3. The Morgan fingerprint density at radius 1 is 0.914 bits per heavy atom. The van der Waals surface area contributed by atoms with Crippen molar-refractivity contribution in [3.63, 3.8) is 0 Å². The topological polar surface area (TPSA) is 89.5 Å². The Morgan fingerprint density at radius 3 is 2.51 bits per heavy atom. The molecule has 0 fully saturated rings. The lowest BCUT2D eigenvalue weighted by atomic mass is 10.1. The third-order valence-electron chi connectivity index (χ3n) is 5.12. The maximum atomic E-state index is 12.7. The molecule has 35 heavy (non-hydrogen) atoms. The van der Waals surface area contributed by atoms with Gasteiger partial charge in [0.05, 0.1) is 35.7 Å². The number of rotatable bonds is 7. The molecule has 0 radical (unpaired) electrons. The van der Waals surface area contributed by atoms with E-state index in [1.165, 1.54) is 0 Å². The molecule has 8 heteroatoms. The fourth-order valence-corrected chi connectivity index (χ4v) is 3.80. The van der Waals surface area contributed by atoms with Crippen molar-refractivity contribution in [1.29, 1.82) is 0 Å². The Balaban J connectivity index is 1.60. The minimum atomic E-state index is -0.503. The van der Waals surface area contributed by atoms with Gasteiger partial charge in [0.1, 0.15) is 5.75 Å². The van der Waals surface area contributed by atoms with E-state index in [-0.39, 0.29) is 12.2 Å². The highest BCUT2D eigenvalue weighted by Gasteiger charge is 2.15. The third-order valence-corrected chi connectivity index (χ3v) is 5.35. The molecule has 0 aliphatic carbocycles. The van der Waals surface area contributed by atoms with Gasteiger partial charge in [0.15, 0.2) is 0 Å². The Hall–Kier alpha value is -4.10. The average Bonchev–Trinajstić information content (AvgIpc) is 2.84. The first-order chi connectivity index (χ1) is 17.0. The van der Waals surface area contributed by atoms with Crippen LogP contribution in [-0.2, 0) is 4.74 Å². The van der Waals surface area contributed by atoms with Crippen molar-refractivity contribution in [3.8, 4) is 17.0 Å². The maximum absolute atomic E-state index is 12.7. The molecule has 1 aromatic heterocycles. The number of halogens is 1. The summed E-state index contributed by atoms with van der Waals surface area (Å²) in [6, 6.07) is 20.9. The number of amides is 2. The zero-order valence-corrected chi connectivity index (χ0v) is 20.1. The first kappa shape index (κ1) is 24.0. The number of nitrogens with zero attached hydrogens (tertiary/aromatic N) is 1. The Morgan fingerprint density at radius 2 is 1.74 bits per heavy atom. The Bertz CT molecular complexity index is 1390. The van der Waals surface area contributed by atoms with E-state index in [9.17, 15) is 9.59 Å². The number of nitrogens with one attached hydrogen (secondary N) is 2. The number of fused-ring (bicyclic) bond motifs is 1. The molecule has 4 aromatic rings. The van der Waals surface area contributed by atoms with Gasteiger partial charge >= 0.3 is 12.0 Å². The molecule has 0 atom stereocenters. The Labute approximate surface area is 208 Å². The van der Waals surface area contributed by atoms with Crippen LogP contribution in [0.1, 0.15) is 24.2 Å². The van der Waals surface area contributed by atoms with Gasteiger partial charge in [-0.15, -0.1) is 0 Å². The number of urea groups is 1. The summed E-state index contributed by atoms with van der Waals surface area (Å²) >= 11 is 6.15. The fourth-order valence-electron chi connectivity index (χ4n) is 3.61. The molecule has 0 bridgehead atoms. The molecule has 2 amide bonds. The zero-order valence-electron chi connectivity index (χ0n) is 19.3. The van der Waals surface area contributed by atoms with Gasteiger partial charge in [-0.2, -0.15) is 0 Å². The smallest absolute Gasteiger partial charge is 0.340 e. The second-order valence-electron chi connectivity index (χ2n) is 7.53. The minimum Gasteiger partial charge on any atom is -0.493 e. The van der Waals surface area contributed by atoms with Crippen molar-refractivity contribution in [2.24, 2.45) is 0 Å². The molecule has 0 aliphatic heterocycles. The Kier molecular flexibility index (Phi) is 7.48. The maximum Gasteiger partial charge on any atom is 0.340 e. The normalized spacial score (nSPS) is 10.6. The van der Waals surface area contributed by atoms with Crippen LogP contribution < -0.4 is 15.4 Å². The summed E-state index contributed by atoms with van der Waals surface area (Å²) in [5.74, 6) is 0.140. The molecular formula is C27H24ClN3O4. The predicted octanol–water partition coefficient (Wildman–Crippen LogP) is 6.77. The molecular weight excluding hydrogens is 466 g/mol. The van der Waals surface area contributed by atoms with E-state index in [0.29, 0.717) is 34.3 Å². The van der Waals surface area contributed by atoms with Gasteiger partial charge < -0.3 is 20.1 Å². The predicted molar refractivity (Wildman–Crippen MR) is 138 cm³/mol. The van der Waals surface area contributed by atoms with Crippen LogP contribution in [0.15, 0.2) is 72.8 Å². The van der Waals surface area contributed by atoms with Gasteiger partial charge in [-0.1, -0.05) is 35.9 Å². The van der Waals surface area contributed by atoms with Crippen LogP contribution in [0.25, 0.3) is 22.2 Å². The van der Waals surface area contributed by atoms with Crippen LogP contribution in [0.2, 0.25) is 5.02 Å². The van der Waals surface area contributed by atoms with Crippen molar-refractivity contribution < 1.29 is 19.1 Å². The summed E-state index contributed by atoms with van der Waals surface area (Å²) in [6.45, 7) is 4.34. The van der Waals surface area contributed by atoms with Crippen LogP contribution in [0.5, 0.6) is 5.75 Å². The van der Waals surface area contributed by atoms with Crippen molar-refractivity contribution in [3.05, 3.63) is 83.4 Å². The monoisotopic (exact) mass is 489 g/mol. The van der Waals surface area contributed by atoms with Gasteiger partial charge in [-0.25, -0.2) is 14.6 Å². The summed E-state index contributed by atoms with van der Waals surface area (Å²) < 4.78 is 10.9. The molecule has 178 valence electrons. The van der Waals surface area contributed by atoms with Gasteiger partial charge in [0.25, 0.3) is 0 Å². The fraction of sp³-hybridized carbons (Fsp3) is 0.148. The first-order valence-electron chi connectivity index (χ1n) is 11.2. The number of pyridine rings is 1. The number of carbonyl (C=O) groups is 2. The highest BCUT2D eigenvalue weighted by Crippen LogP contribution is 2.33. The number of carbonyl (C=O) groups excluding carboxylic acids is 2. The van der Waals surface area contributed by atoms with E-state index in [1.807, 2.05) is 43.3 Å². The highest BCUT2D eigenvalue weighted by atomic mass is 35.5. The SMILES string of the molecule is CCOC(=O)c1ccccc1NC(=O)Nc1ccc2nc(-c3cccc(Cl)c3)cc(OCC)c2c1. The quantitative estimate of drug-likeness (QED) is 0.279. The molecule has 4 rings (SSSR count). The number of aromatic nitrogens is 1. The lowest BCUT2D eigenvalue weighted by molar-refractivity contribution is 0.0527. The van der Waals surface area contributed by atoms with Gasteiger partial charge in [0, 0.05) is 27.7 Å². The van der Waals surface area contributed by atoms with Crippen LogP contribution in [0, 0.1) is 0 Å². The van der Waals surface area contributed by atoms with Crippen molar-refractivity contribution >= 4 is 45.9 Å². The van der Waals surface area contributed by atoms with E-state index < -0.39 is 12.0 Å². The van der Waals surface area contributed by atoms with Crippen LogP contribution in [0.3, 0.4) is 0 Å². The lowest BCUT2D eigenvalue weighted by Crippen LogP contribution is -2.21. The van der Waals surface area contributed by atoms with Gasteiger partial charge in [0.2, 0.25) is 0 Å². The van der Waals surface area contributed by atoms with E-state index in [4.69, 9.17) is 26.1 Å². The molecule has 0 aliphatic rings. The molecule has 0 saturated carbocycles. The number of esters is 1. The second kappa shape index (κ2) is 10.9. The van der Waals surface area contributed by atoms with Crippen LogP contribution in [0.4, 0.5) is 16.2 Å². The summed E-state index contributed by atoms with van der Waals surface area (Å²) in [6.07, 6.45) is 0. The number of hydrogen-bond acceptors (Lipinski definition) is 5. The standard InChI is InChI=1S/C27H24ClN3O4/c1-3-34-25-16-24(17-8-7-9-18(28)14-17)30-23-13-12-19(15-21(23)25)29-27(33)31-22-11-6-5-10-20(22)26(32)35-4-2/h5-16H,3-4H2,1-2H3,(H2,29,31,33). The average molecular weight is 490 g/mol. The molecule has 3 aromatic carbocycles. The van der Waals surface area contributed by atoms with E-state index in [0.717, 1.165) is 16.6 Å². The van der Waals surface area contributed by atoms with Crippen molar-refractivity contribution in [1.82, 2.24) is 4.98 Å². The molecule has 2 N–H and O–H groups in total. The molecule has 7 nitrogen and oxygen atoms in total. The van der Waals surface area contributed by atoms with Gasteiger partial charge in [-0.3, -0.25) is 0 Å². The first-order valence-corrected chi connectivity index (χ1v) is 11.5. The number of para-hydroxylation sites is 1. The number of anilines is 2. The van der Waals surface area contributed by atoms with Crippen molar-refractivity contribution in [2.75, 3.05) is 23.8 Å². The zero-order chi connectivity index (χ0) is 24.8. The third kappa shape index (κ3) is 5.70. The minimum absolute atomic E-state index is 0.242. The van der Waals surface area contributed by atoms with Crippen molar-refractivity contribution in [2.45, 2.75) is 13.8 Å². The largest absolute Gasteiger partial charge is 0.493 e. The number of ether oxygens (including phenoxy) is 2. The summed E-state index contributed by atoms with van der Waals surface area (Å²) in [7, 11) is 0. The van der Waals surface area contributed by atoms with Gasteiger partial charge in [-0.05, 0) is 56.3 Å². The molecule has 0 saturated heterocycles. The molecule has 1 heterocycles. The van der Waals surface area contributed by atoms with E-state index in [2.05, 4.69) is 10.6 Å².